The molecule has 0 saturated heterocycles. The summed E-state index contributed by atoms with van der Waals surface area (Å²) in [6.45, 7) is 12.4. The van der Waals surface area contributed by atoms with Crippen LogP contribution in [-0.2, 0) is 19.1 Å². The Kier molecular flexibility index (Phi) is 41.9. The minimum Gasteiger partial charge on any atom is -0.463 e. The van der Waals surface area contributed by atoms with E-state index in [2.05, 4.69) is 27.0 Å². The maximum atomic E-state index is 10.8. The number of rotatable bonds is 34. The highest BCUT2D eigenvalue weighted by Gasteiger charge is 1.98. The molecule has 44 heavy (non-hydrogen) atoms. The molecule has 0 unspecified atom stereocenters. The van der Waals surface area contributed by atoms with Gasteiger partial charge in [-0.15, -0.1) is 0 Å². The largest absolute Gasteiger partial charge is 0.463 e. The predicted molar refractivity (Wildman–Crippen MR) is 192 cm³/mol. The lowest BCUT2D eigenvalue weighted by atomic mass is 10.0. The Balaban J connectivity index is 0. The molecule has 0 aliphatic rings. The summed E-state index contributed by atoms with van der Waals surface area (Å²) >= 11 is 0. The molecule has 0 aliphatic heterocycles. The molecule has 4 nitrogen and oxygen atoms in total. The van der Waals surface area contributed by atoms with E-state index in [9.17, 15) is 9.59 Å². The second-order valence-electron chi connectivity index (χ2n) is 12.6. The summed E-state index contributed by atoms with van der Waals surface area (Å²) in [5, 5.41) is 0. The first-order valence-corrected chi connectivity index (χ1v) is 19.2. The molecule has 0 heterocycles. The zero-order chi connectivity index (χ0) is 32.6. The monoisotopic (exact) mass is 621 g/mol. The zero-order valence-electron chi connectivity index (χ0n) is 29.8. The fraction of sp³-hybridized carbons (Fsp3) is 0.850. The van der Waals surface area contributed by atoms with Gasteiger partial charge >= 0.3 is 11.9 Å². The third kappa shape index (κ3) is 42.6. The molecular weight excluding hydrogens is 544 g/mol. The molecule has 0 fully saturated rings. The van der Waals surface area contributed by atoms with Crippen LogP contribution in [0.3, 0.4) is 0 Å². The number of unbranched alkanes of at least 4 members (excludes halogenated alkanes) is 28. The summed E-state index contributed by atoms with van der Waals surface area (Å²) in [7, 11) is 0. The van der Waals surface area contributed by atoms with Gasteiger partial charge in [0, 0.05) is 12.2 Å². The van der Waals surface area contributed by atoms with E-state index in [1.807, 2.05) is 0 Å². The molecule has 0 N–H and O–H groups in total. The lowest BCUT2D eigenvalue weighted by molar-refractivity contribution is -0.138. The minimum atomic E-state index is -0.301. The Hall–Kier alpha value is -1.58. The van der Waals surface area contributed by atoms with Crippen molar-refractivity contribution in [2.24, 2.45) is 0 Å². The summed E-state index contributed by atoms with van der Waals surface area (Å²) < 4.78 is 9.89. The average Bonchev–Trinajstić information content (AvgIpc) is 3.04. The maximum Gasteiger partial charge on any atom is 0.330 e. The van der Waals surface area contributed by atoms with Crippen molar-refractivity contribution >= 4 is 11.9 Å². The maximum absolute atomic E-state index is 10.8. The van der Waals surface area contributed by atoms with Gasteiger partial charge in [0.1, 0.15) is 0 Å². The van der Waals surface area contributed by atoms with E-state index in [0.717, 1.165) is 12.8 Å². The van der Waals surface area contributed by atoms with E-state index < -0.39 is 0 Å². The molecule has 0 rings (SSSR count). The lowest BCUT2D eigenvalue weighted by Crippen LogP contribution is -2.01. The highest BCUT2D eigenvalue weighted by Crippen LogP contribution is 2.14. The van der Waals surface area contributed by atoms with Crippen LogP contribution in [0.4, 0.5) is 0 Å². The summed E-state index contributed by atoms with van der Waals surface area (Å²) in [4.78, 5) is 21.6. The molecule has 0 saturated carbocycles. The predicted octanol–water partition coefficient (Wildman–Crippen LogP) is 13.2. The molecule has 0 atom stereocenters. The first-order valence-electron chi connectivity index (χ1n) is 19.2. The second kappa shape index (κ2) is 41.4. The SMILES string of the molecule is C=CC(=O)OCCCCCCCCCCCCCCCC.C=CC(=O)OCCCCCCCCCCCCCCCCCC. The molecule has 4 heteroatoms. The van der Waals surface area contributed by atoms with Crippen LogP contribution in [0.1, 0.15) is 206 Å². The van der Waals surface area contributed by atoms with Crippen molar-refractivity contribution in [3.8, 4) is 0 Å². The van der Waals surface area contributed by atoms with Crippen LogP contribution in [0.5, 0.6) is 0 Å². The highest BCUT2D eigenvalue weighted by molar-refractivity contribution is 5.81. The molecule has 260 valence electrons. The number of hydrogen-bond donors (Lipinski definition) is 0. The molecule has 0 aromatic carbocycles. The molecule has 0 aliphatic carbocycles. The van der Waals surface area contributed by atoms with E-state index in [1.165, 1.54) is 192 Å². The third-order valence-electron chi connectivity index (χ3n) is 8.32. The van der Waals surface area contributed by atoms with Gasteiger partial charge in [-0.25, -0.2) is 9.59 Å². The van der Waals surface area contributed by atoms with Crippen molar-refractivity contribution in [2.45, 2.75) is 206 Å². The summed E-state index contributed by atoms with van der Waals surface area (Å²) in [5.41, 5.74) is 0. The van der Waals surface area contributed by atoms with Crippen molar-refractivity contribution in [3.05, 3.63) is 25.3 Å². The van der Waals surface area contributed by atoms with Crippen LogP contribution in [0.15, 0.2) is 25.3 Å². The second-order valence-corrected chi connectivity index (χ2v) is 12.6. The van der Waals surface area contributed by atoms with Crippen LogP contribution in [0, 0.1) is 0 Å². The smallest absolute Gasteiger partial charge is 0.330 e. The standard InChI is InChI=1S/C21H40O2.C19H36O2/c1-3-5-6-7-8-9-10-11-12-13-14-15-16-17-18-19-20-23-21(22)4-2;1-3-5-6-7-8-9-10-11-12-13-14-15-16-17-18-21-19(20)4-2/h4H,2-3,5-20H2,1H3;4H,2-3,5-18H2,1H3. The minimum absolute atomic E-state index is 0.300. The number of carbonyl (C=O) groups is 2. The van der Waals surface area contributed by atoms with Gasteiger partial charge in [0.25, 0.3) is 0 Å². The average molecular weight is 621 g/mol. The van der Waals surface area contributed by atoms with Gasteiger partial charge < -0.3 is 9.47 Å². The molecule has 0 amide bonds. The number of hydrogen-bond acceptors (Lipinski definition) is 4. The van der Waals surface area contributed by atoms with Crippen molar-refractivity contribution < 1.29 is 19.1 Å². The number of ether oxygens (including phenoxy) is 2. The molecule has 0 spiro atoms. The van der Waals surface area contributed by atoms with Gasteiger partial charge in [0.2, 0.25) is 0 Å². The van der Waals surface area contributed by atoms with Crippen molar-refractivity contribution in [1.29, 1.82) is 0 Å². The Bertz CT molecular complexity index is 600. The van der Waals surface area contributed by atoms with Crippen LogP contribution in [-0.4, -0.2) is 25.2 Å². The Morgan fingerprint density at radius 1 is 0.364 bits per heavy atom. The van der Waals surface area contributed by atoms with Crippen molar-refractivity contribution in [2.75, 3.05) is 13.2 Å². The van der Waals surface area contributed by atoms with Crippen LogP contribution in [0.25, 0.3) is 0 Å². The van der Waals surface area contributed by atoms with Crippen LogP contribution in [0.2, 0.25) is 0 Å². The first kappa shape index (κ1) is 44.5. The molecule has 0 aromatic rings. The first-order chi connectivity index (χ1) is 21.6. The molecule has 0 bridgehead atoms. The van der Waals surface area contributed by atoms with Gasteiger partial charge in [0.05, 0.1) is 13.2 Å². The summed E-state index contributed by atoms with van der Waals surface area (Å²) in [5.74, 6) is -0.601. The number of carbonyl (C=O) groups excluding carboxylic acids is 2. The zero-order valence-corrected chi connectivity index (χ0v) is 29.8. The van der Waals surface area contributed by atoms with E-state index in [0.29, 0.717) is 13.2 Å². The van der Waals surface area contributed by atoms with Gasteiger partial charge in [-0.05, 0) is 12.8 Å². The Morgan fingerprint density at radius 3 is 0.727 bits per heavy atom. The van der Waals surface area contributed by atoms with E-state index in [1.54, 1.807) is 0 Å². The number of esters is 2. The quantitative estimate of drug-likeness (QED) is 0.0408. The van der Waals surface area contributed by atoms with Crippen molar-refractivity contribution in [3.63, 3.8) is 0 Å². The lowest BCUT2D eigenvalue weighted by Gasteiger charge is -2.04. The van der Waals surface area contributed by atoms with Crippen LogP contribution >= 0.6 is 0 Å². The summed E-state index contributed by atoms with van der Waals surface area (Å²) in [6, 6.07) is 0. The van der Waals surface area contributed by atoms with Gasteiger partial charge in [-0.2, -0.15) is 0 Å². The normalized spacial score (nSPS) is 10.6. The molecule has 0 radical (unpaired) electrons. The van der Waals surface area contributed by atoms with Gasteiger partial charge in [0.15, 0.2) is 0 Å². The Morgan fingerprint density at radius 2 is 0.545 bits per heavy atom. The van der Waals surface area contributed by atoms with E-state index in [-0.39, 0.29) is 11.9 Å². The fourth-order valence-electron chi connectivity index (χ4n) is 5.41. The van der Waals surface area contributed by atoms with Crippen LogP contribution < -0.4 is 0 Å². The van der Waals surface area contributed by atoms with E-state index >= 15 is 0 Å². The summed E-state index contributed by atoms with van der Waals surface area (Å²) in [6.07, 6.45) is 43.0. The van der Waals surface area contributed by atoms with Gasteiger partial charge in [-0.3, -0.25) is 0 Å². The fourth-order valence-corrected chi connectivity index (χ4v) is 5.41. The van der Waals surface area contributed by atoms with Gasteiger partial charge in [-0.1, -0.05) is 207 Å². The molecule has 0 aromatic heterocycles. The Labute approximate surface area is 275 Å². The van der Waals surface area contributed by atoms with E-state index in [4.69, 9.17) is 9.47 Å². The molecular formula is C40H76O4. The third-order valence-corrected chi connectivity index (χ3v) is 8.32. The van der Waals surface area contributed by atoms with Crippen molar-refractivity contribution in [1.82, 2.24) is 0 Å². The highest BCUT2D eigenvalue weighted by atomic mass is 16.5. The topological polar surface area (TPSA) is 52.6 Å².